The van der Waals surface area contributed by atoms with Crippen molar-refractivity contribution in [3.63, 3.8) is 0 Å². The van der Waals surface area contributed by atoms with Crippen LogP contribution in [0.2, 0.25) is 0 Å². The lowest BCUT2D eigenvalue weighted by Crippen LogP contribution is -2.60. The molecule has 3 aromatic rings. The van der Waals surface area contributed by atoms with Crippen LogP contribution in [0.4, 0.5) is 5.69 Å². The quantitative estimate of drug-likeness (QED) is 0.135. The Morgan fingerprint density at radius 2 is 1.71 bits per heavy atom. The molecule has 3 aromatic carbocycles. The van der Waals surface area contributed by atoms with Gasteiger partial charge in [0.2, 0.25) is 6.29 Å². The number of carboxylic acid groups (broad SMARTS) is 1. The minimum Gasteiger partial charge on any atom is -0.508 e. The molecule has 3 aliphatic rings. The summed E-state index contributed by atoms with van der Waals surface area (Å²) >= 11 is 0. The number of phenols is 2. The molecule has 52 heavy (non-hydrogen) atoms. The van der Waals surface area contributed by atoms with Crippen LogP contribution in [0.5, 0.6) is 17.2 Å². The molecule has 1 amide bonds. The van der Waals surface area contributed by atoms with E-state index in [0.29, 0.717) is 49.0 Å². The van der Waals surface area contributed by atoms with Crippen molar-refractivity contribution < 1.29 is 54.8 Å². The molecule has 0 bridgehead atoms. The lowest BCUT2D eigenvalue weighted by atomic mass is 9.88. The summed E-state index contributed by atoms with van der Waals surface area (Å²) in [5.74, 6) is -3.40. The van der Waals surface area contributed by atoms with E-state index in [2.05, 4.69) is 9.98 Å². The van der Waals surface area contributed by atoms with Gasteiger partial charge in [-0.15, -0.1) is 0 Å². The number of carbonyl (C=O) groups excluding carboxylic acids is 1. The summed E-state index contributed by atoms with van der Waals surface area (Å²) in [4.78, 5) is 36.9. The molecule has 14 nitrogen and oxygen atoms in total. The summed E-state index contributed by atoms with van der Waals surface area (Å²) in [6.07, 6.45) is -3.53. The molecule has 14 heteroatoms. The average Bonchev–Trinajstić information content (AvgIpc) is 3.73. The molecule has 274 valence electrons. The fourth-order valence-electron chi connectivity index (χ4n) is 6.92. The normalized spacial score (nSPS) is 25.6. The fraction of sp³-hybridized carbons (Fsp3) is 0.368. The fourth-order valence-corrected chi connectivity index (χ4v) is 6.92. The lowest BCUT2D eigenvalue weighted by Gasteiger charge is -2.39. The third-order valence-electron chi connectivity index (χ3n) is 9.67. The van der Waals surface area contributed by atoms with E-state index < -0.39 is 66.9 Å². The van der Waals surface area contributed by atoms with Gasteiger partial charge in [0.05, 0.1) is 23.7 Å². The van der Waals surface area contributed by atoms with Crippen molar-refractivity contribution in [2.24, 2.45) is 9.98 Å². The van der Waals surface area contributed by atoms with Crippen LogP contribution in [0.15, 0.2) is 76.7 Å². The van der Waals surface area contributed by atoms with Gasteiger partial charge < -0.3 is 45.2 Å². The highest BCUT2D eigenvalue weighted by Gasteiger charge is 2.48. The molecule has 0 aromatic heterocycles. The summed E-state index contributed by atoms with van der Waals surface area (Å²) in [7, 11) is 0. The van der Waals surface area contributed by atoms with Crippen molar-refractivity contribution in [2.75, 3.05) is 18.2 Å². The van der Waals surface area contributed by atoms with E-state index in [9.17, 15) is 45.3 Å². The van der Waals surface area contributed by atoms with Gasteiger partial charge in [0, 0.05) is 30.0 Å². The second kappa shape index (κ2) is 15.6. The molecule has 1 fully saturated rings. The number of anilines is 1. The topological polar surface area (TPSA) is 222 Å². The van der Waals surface area contributed by atoms with Gasteiger partial charge in [0.15, 0.2) is 11.5 Å². The maximum absolute atomic E-state index is 14.1. The smallest absolute Gasteiger partial charge is 0.327 e. The van der Waals surface area contributed by atoms with E-state index in [1.54, 1.807) is 12.1 Å². The first-order chi connectivity index (χ1) is 25.0. The second-order valence-electron chi connectivity index (χ2n) is 12.9. The molecule has 7 N–H and O–H groups in total. The molecule has 3 heterocycles. The number of aliphatic imine (C=N–C) groups is 2. The Labute approximate surface area is 299 Å². The number of nitrogens with zero attached hydrogens (tertiary/aromatic N) is 3. The summed E-state index contributed by atoms with van der Waals surface area (Å²) in [5, 5.41) is 72.8. The third kappa shape index (κ3) is 7.43. The highest BCUT2D eigenvalue weighted by atomic mass is 16.7. The molecule has 3 aliphatic heterocycles. The first kappa shape index (κ1) is 36.7. The average molecular weight is 716 g/mol. The van der Waals surface area contributed by atoms with Crippen LogP contribution in [-0.2, 0) is 27.2 Å². The number of hydrogen-bond donors (Lipinski definition) is 7. The molecule has 1 saturated heterocycles. The summed E-state index contributed by atoms with van der Waals surface area (Å²) in [6.45, 7) is 1.61. The largest absolute Gasteiger partial charge is 0.508 e. The van der Waals surface area contributed by atoms with Gasteiger partial charge in [-0.1, -0.05) is 43.3 Å². The molecular weight excluding hydrogens is 674 g/mol. The van der Waals surface area contributed by atoms with Gasteiger partial charge in [-0.05, 0) is 60.2 Å². The zero-order valence-electron chi connectivity index (χ0n) is 28.3. The number of phenolic OH excluding ortho intramolecular Hbond substituents is 2. The van der Waals surface area contributed by atoms with E-state index in [-0.39, 0.29) is 17.2 Å². The Morgan fingerprint density at radius 3 is 2.42 bits per heavy atom. The van der Waals surface area contributed by atoms with Crippen molar-refractivity contribution in [3.8, 4) is 17.2 Å². The van der Waals surface area contributed by atoms with Gasteiger partial charge in [-0.25, -0.2) is 4.79 Å². The number of aromatic hydroxyl groups is 2. The van der Waals surface area contributed by atoms with E-state index >= 15 is 0 Å². The number of carbonyl (C=O) groups is 2. The number of rotatable bonds is 12. The first-order valence-corrected chi connectivity index (χ1v) is 17.0. The number of aliphatic hydroxyl groups excluding tert-OH is 4. The zero-order valence-corrected chi connectivity index (χ0v) is 28.3. The number of ether oxygens (including phenoxy) is 2. The molecule has 0 spiro atoms. The molecule has 0 radical (unpaired) electrons. The van der Waals surface area contributed by atoms with E-state index in [1.165, 1.54) is 30.4 Å². The molecular formula is C38H41N3O11. The van der Waals surface area contributed by atoms with Crippen LogP contribution >= 0.6 is 0 Å². The van der Waals surface area contributed by atoms with Crippen molar-refractivity contribution in [3.05, 3.63) is 89.0 Å². The van der Waals surface area contributed by atoms with Crippen LogP contribution < -0.4 is 9.64 Å². The van der Waals surface area contributed by atoms with Crippen LogP contribution in [0.25, 0.3) is 6.08 Å². The predicted octanol–water partition coefficient (Wildman–Crippen LogP) is 2.31. The SMILES string of the molecule is CCC1=NCN=C1Cc1cc(C=CC(=O)N2c3cc(O[C@H]4O[C@H](CO)[C@@H](O)[C@H](O)[C@H]4O)c(O)cc3[C@H](CCc3ccccc3)[C@@H]2C(=O)O)ccc1O. The molecule has 0 aliphatic carbocycles. The lowest BCUT2D eigenvalue weighted by molar-refractivity contribution is -0.277. The standard InChI is InChI=1S/C38H41N3O11/c1-2-25-26(40-19-39-25)15-22-14-21(9-12-28(22)43)10-13-32(45)41-27-17-30(51-38-36(48)35(47)34(46)31(18-42)52-38)29(44)16-24(27)23(33(41)37(49)50)11-8-20-6-4-3-5-7-20/h3-7,9-10,12-14,16-17,23,31,33-36,38,42-44,46-48H,2,8,11,15,18-19H2,1H3,(H,49,50)/t23-,31+,33+,34+,35-,36+,38-/m0/s1. The highest BCUT2D eigenvalue weighted by molar-refractivity contribution is 6.43. The van der Waals surface area contributed by atoms with Crippen molar-refractivity contribution in [1.29, 1.82) is 0 Å². The van der Waals surface area contributed by atoms with Crippen LogP contribution in [0, 0.1) is 0 Å². The van der Waals surface area contributed by atoms with E-state index in [4.69, 9.17) is 9.47 Å². The van der Waals surface area contributed by atoms with Gasteiger partial charge in [0.1, 0.15) is 42.9 Å². The number of benzene rings is 3. The van der Waals surface area contributed by atoms with Gasteiger partial charge >= 0.3 is 5.97 Å². The van der Waals surface area contributed by atoms with Crippen LogP contribution in [-0.4, -0.2) is 109 Å². The number of aliphatic carboxylic acids is 1. The van der Waals surface area contributed by atoms with Gasteiger partial charge in [-0.3, -0.25) is 19.7 Å². The number of carboxylic acids is 1. The molecule has 6 rings (SSSR count). The minimum absolute atomic E-state index is 0.0564. The summed E-state index contributed by atoms with van der Waals surface area (Å²) < 4.78 is 11.2. The molecule has 0 unspecified atom stereocenters. The number of fused-ring (bicyclic) bond motifs is 1. The summed E-state index contributed by atoms with van der Waals surface area (Å²) in [5.41, 5.74) is 4.26. The molecule has 0 saturated carbocycles. The monoisotopic (exact) mass is 715 g/mol. The predicted molar refractivity (Wildman–Crippen MR) is 190 cm³/mol. The Bertz CT molecular complexity index is 1890. The van der Waals surface area contributed by atoms with Crippen molar-refractivity contribution in [2.45, 2.75) is 75.3 Å². The second-order valence-corrected chi connectivity index (χ2v) is 12.9. The van der Waals surface area contributed by atoms with Crippen molar-refractivity contribution in [1.82, 2.24) is 0 Å². The van der Waals surface area contributed by atoms with E-state index in [1.807, 2.05) is 37.3 Å². The highest BCUT2D eigenvalue weighted by Crippen LogP contribution is 2.48. The Morgan fingerprint density at radius 1 is 0.962 bits per heavy atom. The summed E-state index contributed by atoms with van der Waals surface area (Å²) in [6, 6.07) is 15.5. The van der Waals surface area contributed by atoms with Crippen LogP contribution in [0.1, 0.15) is 47.9 Å². The van der Waals surface area contributed by atoms with Crippen LogP contribution in [0.3, 0.4) is 0 Å². The number of aryl methyl sites for hydroxylation is 1. The first-order valence-electron chi connectivity index (χ1n) is 17.0. The molecule has 7 atom stereocenters. The zero-order chi connectivity index (χ0) is 37.1. The maximum Gasteiger partial charge on any atom is 0.327 e. The number of amides is 1. The van der Waals surface area contributed by atoms with Gasteiger partial charge in [0.25, 0.3) is 5.91 Å². The Kier molecular flexibility index (Phi) is 11.0. The van der Waals surface area contributed by atoms with E-state index in [0.717, 1.165) is 21.9 Å². The number of aliphatic hydroxyl groups is 4. The Hall–Kier alpha value is -5.12. The third-order valence-corrected chi connectivity index (χ3v) is 9.67. The minimum atomic E-state index is -1.78. The Balaban J connectivity index is 1.33. The van der Waals surface area contributed by atoms with Gasteiger partial charge in [-0.2, -0.15) is 0 Å². The van der Waals surface area contributed by atoms with Crippen molar-refractivity contribution >= 4 is 35.1 Å². The maximum atomic E-state index is 14.1. The number of hydrogen-bond acceptors (Lipinski definition) is 12.